The molecule has 0 fully saturated rings. The van der Waals surface area contributed by atoms with Crippen LogP contribution in [0.25, 0.3) is 11.5 Å². The van der Waals surface area contributed by atoms with Crippen molar-refractivity contribution in [2.45, 2.75) is 13.5 Å². The Morgan fingerprint density at radius 1 is 1.05 bits per heavy atom. The molecule has 0 aliphatic carbocycles. The van der Waals surface area contributed by atoms with Gasteiger partial charge in [0.1, 0.15) is 5.82 Å². The van der Waals surface area contributed by atoms with Crippen LogP contribution in [0.2, 0.25) is 0 Å². The van der Waals surface area contributed by atoms with Crippen LogP contribution in [0.1, 0.15) is 18.2 Å². The monoisotopic (exact) mass is 262 g/mol. The molecule has 98 valence electrons. The van der Waals surface area contributed by atoms with Crippen LogP contribution in [0.15, 0.2) is 59.9 Å². The summed E-state index contributed by atoms with van der Waals surface area (Å²) < 4.78 is 4.15. The van der Waals surface area contributed by atoms with Crippen molar-refractivity contribution in [3.63, 3.8) is 0 Å². The van der Waals surface area contributed by atoms with Gasteiger partial charge >= 0.3 is 0 Å². The third-order valence-corrected chi connectivity index (χ3v) is 3.65. The molecule has 0 saturated carbocycles. The smallest absolute Gasteiger partial charge is 0.146 e. The van der Waals surface area contributed by atoms with Gasteiger partial charge in [-0.3, -0.25) is 9.56 Å². The van der Waals surface area contributed by atoms with E-state index in [1.807, 2.05) is 35.1 Å². The summed E-state index contributed by atoms with van der Waals surface area (Å²) in [5, 5.41) is 4.54. The Labute approximate surface area is 117 Å². The molecule has 4 rings (SSSR count). The van der Waals surface area contributed by atoms with Gasteiger partial charge in [0.15, 0.2) is 0 Å². The van der Waals surface area contributed by atoms with E-state index in [-0.39, 0.29) is 0 Å². The molecule has 4 heteroatoms. The zero-order valence-electron chi connectivity index (χ0n) is 11.2. The molecule has 1 aromatic carbocycles. The van der Waals surface area contributed by atoms with E-state index in [0.29, 0.717) is 6.54 Å². The Morgan fingerprint density at radius 3 is 2.75 bits per heavy atom. The Hall–Kier alpha value is -2.62. The molecule has 1 aliphatic heterocycles. The summed E-state index contributed by atoms with van der Waals surface area (Å²) in [6.45, 7) is 2.73. The van der Waals surface area contributed by atoms with E-state index in [9.17, 15) is 0 Å². The van der Waals surface area contributed by atoms with E-state index in [0.717, 1.165) is 28.5 Å². The van der Waals surface area contributed by atoms with Crippen molar-refractivity contribution < 1.29 is 0 Å². The van der Waals surface area contributed by atoms with Crippen LogP contribution >= 0.6 is 0 Å². The molecule has 0 bridgehead atoms. The van der Waals surface area contributed by atoms with Gasteiger partial charge in [0, 0.05) is 11.8 Å². The number of aromatic nitrogens is 3. The summed E-state index contributed by atoms with van der Waals surface area (Å²) in [5.41, 5.74) is 4.39. The number of benzene rings is 1. The third-order valence-electron chi connectivity index (χ3n) is 3.65. The van der Waals surface area contributed by atoms with E-state index in [1.54, 1.807) is 0 Å². The van der Waals surface area contributed by atoms with Crippen molar-refractivity contribution in [3.05, 3.63) is 66.1 Å². The summed E-state index contributed by atoms with van der Waals surface area (Å²) in [6.07, 6.45) is 3.98. The first-order valence-corrected chi connectivity index (χ1v) is 6.66. The summed E-state index contributed by atoms with van der Waals surface area (Å²) in [7, 11) is 0. The maximum absolute atomic E-state index is 4.63. The molecule has 3 aromatic rings. The summed E-state index contributed by atoms with van der Waals surface area (Å²) in [5.74, 6) is 1.08. The van der Waals surface area contributed by atoms with Crippen LogP contribution in [0.4, 0.5) is 0 Å². The third kappa shape index (κ3) is 1.54. The van der Waals surface area contributed by atoms with Gasteiger partial charge in [-0.25, -0.2) is 4.68 Å². The fourth-order valence-corrected chi connectivity index (χ4v) is 2.65. The largest absolute Gasteiger partial charge is 0.300 e. The molecule has 2 aromatic heterocycles. The van der Waals surface area contributed by atoms with Gasteiger partial charge in [-0.05, 0) is 31.2 Å². The molecule has 1 aliphatic rings. The van der Waals surface area contributed by atoms with E-state index in [1.165, 1.54) is 0 Å². The minimum absolute atomic E-state index is 0.676. The van der Waals surface area contributed by atoms with Crippen molar-refractivity contribution in [2.75, 3.05) is 0 Å². The van der Waals surface area contributed by atoms with E-state index >= 15 is 0 Å². The number of para-hydroxylation sites is 1. The highest BCUT2D eigenvalue weighted by Gasteiger charge is 2.19. The van der Waals surface area contributed by atoms with Crippen molar-refractivity contribution in [1.82, 2.24) is 14.3 Å². The lowest BCUT2D eigenvalue weighted by molar-refractivity contribution is 0.819. The maximum atomic E-state index is 4.63. The first-order chi connectivity index (χ1) is 9.84. The van der Waals surface area contributed by atoms with Gasteiger partial charge < -0.3 is 0 Å². The van der Waals surface area contributed by atoms with Crippen LogP contribution in [-0.2, 0) is 6.54 Å². The lowest BCUT2D eigenvalue weighted by Crippen LogP contribution is -2.09. The molecule has 3 heterocycles. The molecule has 4 nitrogen and oxygen atoms in total. The molecular weight excluding hydrogens is 248 g/mol. The van der Waals surface area contributed by atoms with Gasteiger partial charge in [0.05, 0.1) is 29.8 Å². The summed E-state index contributed by atoms with van der Waals surface area (Å²) in [4.78, 5) is 4.63. The average molecular weight is 262 g/mol. The average Bonchev–Trinajstić information content (AvgIpc) is 3.09. The van der Waals surface area contributed by atoms with Crippen LogP contribution < -0.4 is 0 Å². The SMILES string of the molecule is CC1=NCc2cnn(-c3ccccc3)c2-n2cccc21. The molecule has 0 saturated heterocycles. The first-order valence-electron chi connectivity index (χ1n) is 6.66. The number of aliphatic imine (C=N–C) groups is 1. The van der Waals surface area contributed by atoms with Crippen LogP contribution in [0.5, 0.6) is 0 Å². The molecule has 20 heavy (non-hydrogen) atoms. The zero-order valence-corrected chi connectivity index (χ0v) is 11.2. The number of rotatable bonds is 1. The molecule has 0 amide bonds. The highest BCUT2D eigenvalue weighted by molar-refractivity contribution is 5.98. The molecule has 0 atom stereocenters. The molecule has 0 N–H and O–H groups in total. The standard InChI is InChI=1S/C16H14N4/c1-12-15-8-5-9-19(15)16-13(10-17-12)11-18-20(16)14-6-3-2-4-7-14/h2-9,11H,10H2,1H3. The number of nitrogens with zero attached hydrogens (tertiary/aromatic N) is 4. The predicted molar refractivity (Wildman–Crippen MR) is 78.8 cm³/mol. The lowest BCUT2D eigenvalue weighted by atomic mass is 10.3. The molecule has 0 spiro atoms. The van der Waals surface area contributed by atoms with Crippen LogP contribution in [0, 0.1) is 0 Å². The Bertz CT molecular complexity index is 793. The Morgan fingerprint density at radius 2 is 1.90 bits per heavy atom. The first kappa shape index (κ1) is 11.2. The van der Waals surface area contributed by atoms with Gasteiger partial charge in [0.25, 0.3) is 0 Å². The van der Waals surface area contributed by atoms with Gasteiger partial charge in [-0.15, -0.1) is 0 Å². The highest BCUT2D eigenvalue weighted by Crippen LogP contribution is 2.25. The second-order valence-corrected chi connectivity index (χ2v) is 4.91. The summed E-state index contributed by atoms with van der Waals surface area (Å²) in [6, 6.07) is 14.3. The predicted octanol–water partition coefficient (Wildman–Crippen LogP) is 2.99. The van der Waals surface area contributed by atoms with Gasteiger partial charge in [-0.1, -0.05) is 18.2 Å². The van der Waals surface area contributed by atoms with Gasteiger partial charge in [-0.2, -0.15) is 5.10 Å². The van der Waals surface area contributed by atoms with Crippen molar-refractivity contribution in [3.8, 4) is 11.5 Å². The number of hydrogen-bond acceptors (Lipinski definition) is 2. The zero-order chi connectivity index (χ0) is 13.5. The number of hydrogen-bond donors (Lipinski definition) is 0. The van der Waals surface area contributed by atoms with E-state index < -0.39 is 0 Å². The minimum Gasteiger partial charge on any atom is -0.300 e. The fourth-order valence-electron chi connectivity index (χ4n) is 2.65. The number of fused-ring (bicyclic) bond motifs is 3. The maximum Gasteiger partial charge on any atom is 0.146 e. The van der Waals surface area contributed by atoms with Crippen molar-refractivity contribution in [2.24, 2.45) is 4.99 Å². The Balaban J connectivity index is 1.99. The molecular formula is C16H14N4. The molecule has 0 unspecified atom stereocenters. The lowest BCUT2D eigenvalue weighted by Gasteiger charge is -2.11. The topological polar surface area (TPSA) is 35.1 Å². The fraction of sp³-hybridized carbons (Fsp3) is 0.125. The quantitative estimate of drug-likeness (QED) is 0.664. The van der Waals surface area contributed by atoms with Crippen LogP contribution in [-0.4, -0.2) is 20.1 Å². The Kier molecular flexibility index (Phi) is 2.36. The van der Waals surface area contributed by atoms with Crippen molar-refractivity contribution in [1.29, 1.82) is 0 Å². The minimum atomic E-state index is 0.676. The van der Waals surface area contributed by atoms with Crippen molar-refractivity contribution >= 4 is 5.71 Å². The van der Waals surface area contributed by atoms with Crippen LogP contribution in [0.3, 0.4) is 0 Å². The van der Waals surface area contributed by atoms with E-state index in [4.69, 9.17) is 0 Å². The van der Waals surface area contributed by atoms with E-state index in [2.05, 4.69) is 46.0 Å². The van der Waals surface area contributed by atoms with Gasteiger partial charge in [0.2, 0.25) is 0 Å². The second-order valence-electron chi connectivity index (χ2n) is 4.91. The summed E-state index contributed by atoms with van der Waals surface area (Å²) >= 11 is 0. The molecule has 0 radical (unpaired) electrons. The normalized spacial score (nSPS) is 13.3. The second kappa shape index (κ2) is 4.20. The highest BCUT2D eigenvalue weighted by atomic mass is 15.3.